The molecular weight excluding hydrogens is 254 g/mol. The third-order valence-electron chi connectivity index (χ3n) is 2.79. The number of carbonyl (C=O) groups is 1. The Bertz CT molecular complexity index is 377. The first-order chi connectivity index (χ1) is 8.24. The number of hydrogen-bond acceptors (Lipinski definition) is 4. The molecule has 1 fully saturated rings. The lowest BCUT2D eigenvalue weighted by Crippen LogP contribution is -2.15. The van der Waals surface area contributed by atoms with Crippen molar-refractivity contribution in [1.29, 1.82) is 0 Å². The number of carbonyl (C=O) groups excluding carboxylic acids is 1. The number of halogens is 1. The predicted molar refractivity (Wildman–Crippen MR) is 72.7 cm³/mol. The van der Waals surface area contributed by atoms with Gasteiger partial charge in [-0.1, -0.05) is 0 Å². The first kappa shape index (κ1) is 14.7. The maximum atomic E-state index is 11.6. The Morgan fingerprint density at radius 1 is 1.56 bits per heavy atom. The Balaban J connectivity index is 0.00000162. The van der Waals surface area contributed by atoms with Crippen molar-refractivity contribution in [3.63, 3.8) is 0 Å². The summed E-state index contributed by atoms with van der Waals surface area (Å²) in [5, 5.41) is 2.78. The van der Waals surface area contributed by atoms with Gasteiger partial charge >= 0.3 is 0 Å². The van der Waals surface area contributed by atoms with Gasteiger partial charge in [-0.25, -0.2) is 4.98 Å². The number of nitrogens with zero attached hydrogens (tertiary/aromatic N) is 1. The van der Waals surface area contributed by atoms with Crippen LogP contribution in [0.2, 0.25) is 0 Å². The van der Waals surface area contributed by atoms with E-state index < -0.39 is 0 Å². The number of anilines is 2. The summed E-state index contributed by atoms with van der Waals surface area (Å²) in [5.41, 5.74) is 6.14. The number of nitrogens with two attached hydrogens (primary N) is 1. The highest BCUT2D eigenvalue weighted by Gasteiger charge is 2.16. The van der Waals surface area contributed by atoms with Crippen molar-refractivity contribution in [2.45, 2.75) is 31.8 Å². The van der Waals surface area contributed by atoms with E-state index in [1.54, 1.807) is 18.3 Å². The molecule has 0 bridgehead atoms. The highest BCUT2D eigenvalue weighted by Crippen LogP contribution is 2.17. The van der Waals surface area contributed by atoms with E-state index in [9.17, 15) is 4.79 Å². The number of amides is 1. The van der Waals surface area contributed by atoms with Crippen molar-refractivity contribution in [3.05, 3.63) is 18.3 Å². The molecule has 1 aliphatic rings. The maximum Gasteiger partial charge on any atom is 0.224 e. The summed E-state index contributed by atoms with van der Waals surface area (Å²) in [4.78, 5) is 15.5. The van der Waals surface area contributed by atoms with Gasteiger partial charge in [0.25, 0.3) is 0 Å². The monoisotopic (exact) mass is 271 g/mol. The van der Waals surface area contributed by atoms with Gasteiger partial charge in [0.05, 0.1) is 18.0 Å². The molecule has 1 aliphatic heterocycles. The molecule has 1 amide bonds. The van der Waals surface area contributed by atoms with Crippen LogP contribution in [0.5, 0.6) is 0 Å². The Morgan fingerprint density at radius 2 is 2.39 bits per heavy atom. The Kier molecular flexibility index (Phi) is 5.88. The fourth-order valence-electron chi connectivity index (χ4n) is 1.87. The van der Waals surface area contributed by atoms with Gasteiger partial charge in [-0.15, -0.1) is 12.4 Å². The third-order valence-corrected chi connectivity index (χ3v) is 2.79. The molecule has 5 nitrogen and oxygen atoms in total. The van der Waals surface area contributed by atoms with E-state index in [-0.39, 0.29) is 24.4 Å². The van der Waals surface area contributed by atoms with E-state index >= 15 is 0 Å². The van der Waals surface area contributed by atoms with Crippen LogP contribution < -0.4 is 11.1 Å². The summed E-state index contributed by atoms with van der Waals surface area (Å²) in [6.45, 7) is 0.828. The lowest BCUT2D eigenvalue weighted by molar-refractivity contribution is -0.116. The molecule has 0 aromatic carbocycles. The molecule has 0 aliphatic carbocycles. The lowest BCUT2D eigenvalue weighted by atomic mass is 10.1. The van der Waals surface area contributed by atoms with Crippen LogP contribution in [-0.2, 0) is 9.53 Å². The summed E-state index contributed by atoms with van der Waals surface area (Å²) < 4.78 is 5.46. The van der Waals surface area contributed by atoms with E-state index in [0.29, 0.717) is 17.9 Å². The molecule has 18 heavy (non-hydrogen) atoms. The van der Waals surface area contributed by atoms with Crippen LogP contribution in [-0.4, -0.2) is 23.6 Å². The smallest absolute Gasteiger partial charge is 0.224 e. The van der Waals surface area contributed by atoms with E-state index in [4.69, 9.17) is 10.5 Å². The zero-order valence-electron chi connectivity index (χ0n) is 10.1. The van der Waals surface area contributed by atoms with Crippen LogP contribution in [0.3, 0.4) is 0 Å². The molecule has 0 spiro atoms. The molecule has 1 saturated heterocycles. The van der Waals surface area contributed by atoms with Crippen molar-refractivity contribution < 1.29 is 9.53 Å². The number of nitrogen functional groups attached to an aromatic ring is 1. The number of hydrogen-bond donors (Lipinski definition) is 2. The van der Waals surface area contributed by atoms with E-state index in [1.807, 2.05) is 0 Å². The lowest BCUT2D eigenvalue weighted by Gasteiger charge is -2.09. The molecule has 2 rings (SSSR count). The van der Waals surface area contributed by atoms with Gasteiger partial charge < -0.3 is 15.8 Å². The number of ether oxygens (including phenoxy) is 1. The zero-order valence-corrected chi connectivity index (χ0v) is 10.9. The normalized spacial score (nSPS) is 18.1. The Labute approximate surface area is 113 Å². The summed E-state index contributed by atoms with van der Waals surface area (Å²) in [6.07, 6.45) is 5.25. The van der Waals surface area contributed by atoms with Crippen LogP contribution in [0.15, 0.2) is 18.3 Å². The summed E-state index contributed by atoms with van der Waals surface area (Å²) in [7, 11) is 0. The van der Waals surface area contributed by atoms with Crippen LogP contribution in [0.1, 0.15) is 25.7 Å². The highest BCUT2D eigenvalue weighted by atomic mass is 35.5. The minimum Gasteiger partial charge on any atom is -0.384 e. The topological polar surface area (TPSA) is 77.2 Å². The number of rotatable bonds is 4. The predicted octanol–water partition coefficient (Wildman–Crippen LogP) is 1.98. The van der Waals surface area contributed by atoms with Crippen molar-refractivity contribution in [2.24, 2.45) is 0 Å². The molecule has 2 heterocycles. The van der Waals surface area contributed by atoms with Crippen LogP contribution in [0.4, 0.5) is 11.5 Å². The zero-order chi connectivity index (χ0) is 12.1. The van der Waals surface area contributed by atoms with Gasteiger partial charge in [0.2, 0.25) is 5.91 Å². The van der Waals surface area contributed by atoms with Gasteiger partial charge in [-0.05, 0) is 31.4 Å². The van der Waals surface area contributed by atoms with Gasteiger partial charge in [0.15, 0.2) is 0 Å². The standard InChI is InChI=1S/C12H17N3O2.ClH/c13-11-5-3-9(8-14-11)15-12(16)6-4-10-2-1-7-17-10;/h3,5,8,10H,1-2,4,6-7H2,(H2,13,14)(H,15,16);1H. The van der Waals surface area contributed by atoms with Crippen LogP contribution >= 0.6 is 12.4 Å². The SMILES string of the molecule is Cl.Nc1ccc(NC(=O)CCC2CCCO2)cn1. The quantitative estimate of drug-likeness (QED) is 0.878. The van der Waals surface area contributed by atoms with Gasteiger partial charge in [0, 0.05) is 13.0 Å². The second kappa shape index (κ2) is 7.18. The number of aromatic nitrogens is 1. The fraction of sp³-hybridized carbons (Fsp3) is 0.500. The molecule has 0 saturated carbocycles. The largest absolute Gasteiger partial charge is 0.384 e. The maximum absolute atomic E-state index is 11.6. The fourth-order valence-corrected chi connectivity index (χ4v) is 1.87. The average molecular weight is 272 g/mol. The molecule has 1 unspecified atom stereocenters. The first-order valence-corrected chi connectivity index (χ1v) is 5.87. The van der Waals surface area contributed by atoms with E-state index in [1.165, 1.54) is 0 Å². The molecule has 3 N–H and O–H groups in total. The second-order valence-electron chi connectivity index (χ2n) is 4.19. The molecule has 1 aromatic rings. The Morgan fingerprint density at radius 3 is 3.00 bits per heavy atom. The molecule has 6 heteroatoms. The van der Waals surface area contributed by atoms with Crippen LogP contribution in [0, 0.1) is 0 Å². The van der Waals surface area contributed by atoms with Gasteiger partial charge in [0.1, 0.15) is 5.82 Å². The molecule has 0 radical (unpaired) electrons. The Hall–Kier alpha value is -1.33. The molecule has 100 valence electrons. The van der Waals surface area contributed by atoms with Crippen molar-refractivity contribution in [1.82, 2.24) is 4.98 Å². The first-order valence-electron chi connectivity index (χ1n) is 5.87. The summed E-state index contributed by atoms with van der Waals surface area (Å²) in [5.74, 6) is 0.439. The number of pyridine rings is 1. The molecule has 1 aromatic heterocycles. The van der Waals surface area contributed by atoms with Crippen LogP contribution in [0.25, 0.3) is 0 Å². The summed E-state index contributed by atoms with van der Waals surface area (Å²) >= 11 is 0. The number of nitrogens with one attached hydrogen (secondary N) is 1. The molecule has 1 atom stereocenters. The van der Waals surface area contributed by atoms with Crippen molar-refractivity contribution in [2.75, 3.05) is 17.7 Å². The minimum absolute atomic E-state index is 0. The van der Waals surface area contributed by atoms with Crippen molar-refractivity contribution in [3.8, 4) is 0 Å². The molecular formula is C12H18ClN3O2. The van der Waals surface area contributed by atoms with Gasteiger partial charge in [-0.2, -0.15) is 0 Å². The third kappa shape index (κ3) is 4.50. The second-order valence-corrected chi connectivity index (χ2v) is 4.19. The minimum atomic E-state index is -0.00734. The average Bonchev–Trinajstić information content (AvgIpc) is 2.83. The highest BCUT2D eigenvalue weighted by molar-refractivity contribution is 5.90. The van der Waals surface area contributed by atoms with Crippen molar-refractivity contribution >= 4 is 29.8 Å². The van der Waals surface area contributed by atoms with E-state index in [2.05, 4.69) is 10.3 Å². The summed E-state index contributed by atoms with van der Waals surface area (Å²) in [6, 6.07) is 3.40. The van der Waals surface area contributed by atoms with E-state index in [0.717, 1.165) is 25.9 Å². The van der Waals surface area contributed by atoms with Gasteiger partial charge in [-0.3, -0.25) is 4.79 Å².